The quantitative estimate of drug-likeness (QED) is 0.427. The molecule has 152 valence electrons. The van der Waals surface area contributed by atoms with Crippen molar-refractivity contribution in [2.75, 3.05) is 13.2 Å². The van der Waals surface area contributed by atoms with Crippen LogP contribution in [0.1, 0.15) is 23.6 Å². The van der Waals surface area contributed by atoms with Gasteiger partial charge in [-0.3, -0.25) is 0 Å². The minimum absolute atomic E-state index is 0.272. The molecule has 0 atom stereocenters. The molecule has 0 aliphatic carbocycles. The zero-order valence-corrected chi connectivity index (χ0v) is 17.2. The summed E-state index contributed by atoms with van der Waals surface area (Å²) in [7, 11) is 0. The highest BCUT2D eigenvalue weighted by Gasteiger charge is 2.13. The predicted molar refractivity (Wildman–Crippen MR) is 115 cm³/mol. The van der Waals surface area contributed by atoms with Gasteiger partial charge in [0.15, 0.2) is 11.5 Å². The average molecular weight is 414 g/mol. The Morgan fingerprint density at radius 3 is 2.38 bits per heavy atom. The lowest BCUT2D eigenvalue weighted by atomic mass is 10.1. The molecule has 0 spiro atoms. The van der Waals surface area contributed by atoms with Crippen LogP contribution in [-0.4, -0.2) is 13.2 Å². The molecule has 0 heterocycles. The second-order valence-corrected chi connectivity index (χ2v) is 7.07. The van der Waals surface area contributed by atoms with Crippen LogP contribution in [0.3, 0.4) is 0 Å². The molecular weight excluding hydrogens is 389 g/mol. The Hall–Kier alpha value is -2.56. The zero-order chi connectivity index (χ0) is 20.5. The summed E-state index contributed by atoms with van der Waals surface area (Å²) in [6.45, 7) is 4.27. The van der Waals surface area contributed by atoms with E-state index >= 15 is 0 Å². The van der Waals surface area contributed by atoms with Crippen molar-refractivity contribution in [1.82, 2.24) is 5.32 Å². The molecule has 0 aliphatic rings. The van der Waals surface area contributed by atoms with Gasteiger partial charge in [-0.25, -0.2) is 4.39 Å². The first-order chi connectivity index (χ1) is 14.2. The first-order valence-electron chi connectivity index (χ1n) is 9.73. The molecule has 0 amide bonds. The highest BCUT2D eigenvalue weighted by molar-refractivity contribution is 6.32. The van der Waals surface area contributed by atoms with Crippen molar-refractivity contribution < 1.29 is 13.9 Å². The van der Waals surface area contributed by atoms with Crippen LogP contribution >= 0.6 is 11.6 Å². The van der Waals surface area contributed by atoms with Gasteiger partial charge in [-0.05, 0) is 60.8 Å². The van der Waals surface area contributed by atoms with Crippen LogP contribution in [-0.2, 0) is 19.6 Å². The number of nitrogens with one attached hydrogen (secondary N) is 1. The fourth-order valence-electron chi connectivity index (χ4n) is 2.97. The van der Waals surface area contributed by atoms with Crippen LogP contribution < -0.4 is 14.8 Å². The van der Waals surface area contributed by atoms with Crippen LogP contribution in [0.25, 0.3) is 0 Å². The molecule has 1 N–H and O–H groups in total. The van der Waals surface area contributed by atoms with Crippen LogP contribution in [0.2, 0.25) is 5.02 Å². The number of hydrogen-bond acceptors (Lipinski definition) is 3. The lowest BCUT2D eigenvalue weighted by molar-refractivity contribution is 0.269. The molecule has 0 saturated heterocycles. The van der Waals surface area contributed by atoms with E-state index in [0.29, 0.717) is 29.7 Å². The largest absolute Gasteiger partial charge is 0.490 e. The Morgan fingerprint density at radius 2 is 1.66 bits per heavy atom. The molecule has 5 heteroatoms. The fourth-order valence-corrected chi connectivity index (χ4v) is 3.26. The van der Waals surface area contributed by atoms with Gasteiger partial charge in [-0.2, -0.15) is 0 Å². The SMILES string of the molecule is CCOc1cc(CNCCc2ccccc2)cc(Cl)c1OCc1ccc(F)cc1. The van der Waals surface area contributed by atoms with Crippen molar-refractivity contribution in [2.45, 2.75) is 26.5 Å². The van der Waals surface area contributed by atoms with Gasteiger partial charge >= 0.3 is 0 Å². The third-order valence-electron chi connectivity index (χ3n) is 4.43. The van der Waals surface area contributed by atoms with Crippen molar-refractivity contribution in [3.63, 3.8) is 0 Å². The number of ether oxygens (including phenoxy) is 2. The molecule has 3 nitrogen and oxygen atoms in total. The van der Waals surface area contributed by atoms with E-state index in [-0.39, 0.29) is 12.4 Å². The highest BCUT2D eigenvalue weighted by Crippen LogP contribution is 2.37. The van der Waals surface area contributed by atoms with Crippen LogP contribution in [0.5, 0.6) is 11.5 Å². The molecule has 0 saturated carbocycles. The first kappa shape index (κ1) is 21.2. The van der Waals surface area contributed by atoms with Crippen LogP contribution in [0, 0.1) is 5.82 Å². The fraction of sp³-hybridized carbons (Fsp3) is 0.250. The first-order valence-corrected chi connectivity index (χ1v) is 10.1. The van der Waals surface area contributed by atoms with E-state index < -0.39 is 0 Å². The normalized spacial score (nSPS) is 10.7. The maximum Gasteiger partial charge on any atom is 0.180 e. The van der Waals surface area contributed by atoms with Gasteiger partial charge in [-0.15, -0.1) is 0 Å². The second-order valence-electron chi connectivity index (χ2n) is 6.67. The van der Waals surface area contributed by atoms with E-state index in [0.717, 1.165) is 24.1 Å². The van der Waals surface area contributed by atoms with Gasteiger partial charge in [0.2, 0.25) is 0 Å². The van der Waals surface area contributed by atoms with Gasteiger partial charge in [-0.1, -0.05) is 54.1 Å². The number of halogens is 2. The summed E-state index contributed by atoms with van der Waals surface area (Å²) in [5, 5.41) is 3.94. The highest BCUT2D eigenvalue weighted by atomic mass is 35.5. The maximum absolute atomic E-state index is 13.1. The smallest absolute Gasteiger partial charge is 0.180 e. The standard InChI is InChI=1S/C24H25ClFNO2/c1-2-28-23-15-20(16-27-13-12-18-6-4-3-5-7-18)14-22(25)24(23)29-17-19-8-10-21(26)11-9-19/h3-11,14-15,27H,2,12-13,16-17H2,1H3. The monoisotopic (exact) mass is 413 g/mol. The van der Waals surface area contributed by atoms with E-state index in [2.05, 4.69) is 17.4 Å². The molecule has 0 aromatic heterocycles. The zero-order valence-electron chi connectivity index (χ0n) is 16.5. The van der Waals surface area contributed by atoms with Gasteiger partial charge in [0.1, 0.15) is 12.4 Å². The summed E-state index contributed by atoms with van der Waals surface area (Å²) < 4.78 is 24.7. The third kappa shape index (κ3) is 6.48. The predicted octanol–water partition coefficient (Wildman–Crippen LogP) is 5.79. The molecule has 3 aromatic carbocycles. The molecule has 0 radical (unpaired) electrons. The van der Waals surface area contributed by atoms with Crippen molar-refractivity contribution >= 4 is 11.6 Å². The van der Waals surface area contributed by atoms with Crippen molar-refractivity contribution in [1.29, 1.82) is 0 Å². The maximum atomic E-state index is 13.1. The summed E-state index contributed by atoms with van der Waals surface area (Å²) in [4.78, 5) is 0. The van der Waals surface area contributed by atoms with Gasteiger partial charge in [0, 0.05) is 6.54 Å². The molecule has 29 heavy (non-hydrogen) atoms. The van der Waals surface area contributed by atoms with Crippen LogP contribution in [0.4, 0.5) is 4.39 Å². The van der Waals surface area contributed by atoms with E-state index in [1.54, 1.807) is 12.1 Å². The van der Waals surface area contributed by atoms with E-state index in [1.165, 1.54) is 17.7 Å². The Balaban J connectivity index is 1.61. The number of hydrogen-bond donors (Lipinski definition) is 1. The summed E-state index contributed by atoms with van der Waals surface area (Å²) in [6, 6.07) is 20.4. The summed E-state index contributed by atoms with van der Waals surface area (Å²) in [6.07, 6.45) is 0.964. The lowest BCUT2D eigenvalue weighted by Crippen LogP contribution is -2.16. The minimum Gasteiger partial charge on any atom is -0.490 e. The van der Waals surface area contributed by atoms with Gasteiger partial charge in [0.25, 0.3) is 0 Å². The van der Waals surface area contributed by atoms with E-state index in [4.69, 9.17) is 21.1 Å². The van der Waals surface area contributed by atoms with E-state index in [9.17, 15) is 4.39 Å². The third-order valence-corrected chi connectivity index (χ3v) is 4.71. The minimum atomic E-state index is -0.272. The topological polar surface area (TPSA) is 30.5 Å². The molecule has 3 rings (SSSR count). The summed E-state index contributed by atoms with van der Waals surface area (Å²) in [5.74, 6) is 0.846. The van der Waals surface area contributed by atoms with Crippen molar-refractivity contribution in [3.8, 4) is 11.5 Å². The Bertz CT molecular complexity index is 901. The molecular formula is C24H25ClFNO2. The Labute approximate surface area is 176 Å². The second kappa shape index (κ2) is 10.8. The van der Waals surface area contributed by atoms with E-state index in [1.807, 2.05) is 37.3 Å². The molecule has 0 bridgehead atoms. The molecule has 0 aliphatic heterocycles. The molecule has 0 unspecified atom stereocenters. The number of benzene rings is 3. The Morgan fingerprint density at radius 1 is 0.897 bits per heavy atom. The summed E-state index contributed by atoms with van der Waals surface area (Å²) in [5.41, 5.74) is 3.19. The summed E-state index contributed by atoms with van der Waals surface area (Å²) >= 11 is 6.48. The Kier molecular flexibility index (Phi) is 7.91. The van der Waals surface area contributed by atoms with Crippen LogP contribution in [0.15, 0.2) is 66.7 Å². The lowest BCUT2D eigenvalue weighted by Gasteiger charge is -2.16. The van der Waals surface area contributed by atoms with Crippen molar-refractivity contribution in [2.24, 2.45) is 0 Å². The van der Waals surface area contributed by atoms with Gasteiger partial charge < -0.3 is 14.8 Å². The van der Waals surface area contributed by atoms with Gasteiger partial charge in [0.05, 0.1) is 11.6 Å². The molecule has 3 aromatic rings. The number of rotatable bonds is 10. The van der Waals surface area contributed by atoms with Crippen molar-refractivity contribution in [3.05, 3.63) is 94.3 Å². The average Bonchev–Trinajstić information content (AvgIpc) is 2.73. The molecule has 0 fully saturated rings.